The van der Waals surface area contributed by atoms with Crippen molar-refractivity contribution in [3.8, 4) is 0 Å². The molecule has 0 aliphatic rings. The Labute approximate surface area is 125 Å². The zero-order chi connectivity index (χ0) is 15.1. The van der Waals surface area contributed by atoms with E-state index in [1.54, 1.807) is 6.08 Å². The van der Waals surface area contributed by atoms with Crippen molar-refractivity contribution in [1.29, 1.82) is 0 Å². The second-order valence-corrected chi connectivity index (χ2v) is 5.11. The molecule has 2 aromatic carbocycles. The summed E-state index contributed by atoms with van der Waals surface area (Å²) >= 11 is 0. The van der Waals surface area contributed by atoms with Gasteiger partial charge in [0, 0.05) is 6.08 Å². The number of hydrogen-bond donors (Lipinski definition) is 1. The molecule has 3 nitrogen and oxygen atoms in total. The van der Waals surface area contributed by atoms with Crippen molar-refractivity contribution in [2.75, 3.05) is 5.01 Å². The van der Waals surface area contributed by atoms with Crippen LogP contribution >= 0.6 is 0 Å². The summed E-state index contributed by atoms with van der Waals surface area (Å²) in [6.07, 6.45) is 1.60. The Morgan fingerprint density at radius 2 is 1.57 bits per heavy atom. The van der Waals surface area contributed by atoms with Crippen molar-refractivity contribution in [2.45, 2.75) is 20.4 Å². The minimum atomic E-state index is -0.116. The topological polar surface area (TPSA) is 32.3 Å². The largest absolute Gasteiger partial charge is 0.281 e. The van der Waals surface area contributed by atoms with Gasteiger partial charge in [-0.2, -0.15) is 0 Å². The predicted octanol–water partition coefficient (Wildman–Crippen LogP) is 3.69. The SMILES string of the molecule is CC(C)=CC(=O)NN(Cc1ccccc1)c1ccccc1. The van der Waals surface area contributed by atoms with E-state index in [0.717, 1.165) is 16.8 Å². The van der Waals surface area contributed by atoms with Gasteiger partial charge in [-0.15, -0.1) is 0 Å². The summed E-state index contributed by atoms with van der Waals surface area (Å²) < 4.78 is 0. The van der Waals surface area contributed by atoms with E-state index in [1.165, 1.54) is 0 Å². The number of nitrogens with zero attached hydrogens (tertiary/aromatic N) is 1. The molecular formula is C18H20N2O. The van der Waals surface area contributed by atoms with Gasteiger partial charge >= 0.3 is 0 Å². The molecule has 0 bridgehead atoms. The lowest BCUT2D eigenvalue weighted by Crippen LogP contribution is -2.41. The van der Waals surface area contributed by atoms with E-state index >= 15 is 0 Å². The van der Waals surface area contributed by atoms with Gasteiger partial charge in [0.05, 0.1) is 12.2 Å². The van der Waals surface area contributed by atoms with Crippen molar-refractivity contribution in [1.82, 2.24) is 5.43 Å². The molecule has 2 rings (SSSR count). The number of carbonyl (C=O) groups is 1. The van der Waals surface area contributed by atoms with Gasteiger partial charge in [-0.3, -0.25) is 15.2 Å². The van der Waals surface area contributed by atoms with Crippen molar-refractivity contribution < 1.29 is 4.79 Å². The molecule has 0 aliphatic carbocycles. The first-order valence-corrected chi connectivity index (χ1v) is 6.97. The molecule has 21 heavy (non-hydrogen) atoms. The molecule has 108 valence electrons. The molecule has 1 amide bonds. The second-order valence-electron chi connectivity index (χ2n) is 5.11. The fourth-order valence-electron chi connectivity index (χ4n) is 2.00. The Bertz CT molecular complexity index is 602. The normalized spacial score (nSPS) is 9.81. The van der Waals surface area contributed by atoms with Crippen molar-refractivity contribution in [2.24, 2.45) is 0 Å². The summed E-state index contributed by atoms with van der Waals surface area (Å²) in [7, 11) is 0. The van der Waals surface area contributed by atoms with Crippen LogP contribution in [0.15, 0.2) is 72.3 Å². The zero-order valence-corrected chi connectivity index (χ0v) is 12.4. The van der Waals surface area contributed by atoms with E-state index in [4.69, 9.17) is 0 Å². The van der Waals surface area contributed by atoms with Gasteiger partial charge < -0.3 is 0 Å². The van der Waals surface area contributed by atoms with Crippen LogP contribution in [0.1, 0.15) is 19.4 Å². The summed E-state index contributed by atoms with van der Waals surface area (Å²) in [4.78, 5) is 12.0. The Morgan fingerprint density at radius 1 is 1.00 bits per heavy atom. The van der Waals surface area contributed by atoms with E-state index in [9.17, 15) is 4.79 Å². The first-order valence-electron chi connectivity index (χ1n) is 6.97. The van der Waals surface area contributed by atoms with Crippen LogP contribution in [0, 0.1) is 0 Å². The van der Waals surface area contributed by atoms with Crippen LogP contribution in [-0.4, -0.2) is 5.91 Å². The summed E-state index contributed by atoms with van der Waals surface area (Å²) in [5.74, 6) is -0.116. The third-order valence-electron chi connectivity index (χ3n) is 2.92. The number of anilines is 1. The van der Waals surface area contributed by atoms with Gasteiger partial charge in [-0.25, -0.2) is 0 Å². The van der Waals surface area contributed by atoms with Gasteiger partial charge in [0.25, 0.3) is 5.91 Å². The predicted molar refractivity (Wildman–Crippen MR) is 86.6 cm³/mol. The molecule has 0 aromatic heterocycles. The molecule has 0 atom stereocenters. The fourth-order valence-corrected chi connectivity index (χ4v) is 2.00. The quantitative estimate of drug-likeness (QED) is 0.669. The van der Waals surface area contributed by atoms with Crippen LogP contribution < -0.4 is 10.4 Å². The summed E-state index contributed by atoms with van der Waals surface area (Å²) in [5.41, 5.74) is 6.00. The number of carbonyl (C=O) groups excluding carboxylic acids is 1. The lowest BCUT2D eigenvalue weighted by molar-refractivity contribution is -0.116. The zero-order valence-electron chi connectivity index (χ0n) is 12.4. The molecule has 1 N–H and O–H groups in total. The Hall–Kier alpha value is -2.55. The van der Waals surface area contributed by atoms with E-state index in [0.29, 0.717) is 6.54 Å². The van der Waals surface area contributed by atoms with Gasteiger partial charge in [0.1, 0.15) is 0 Å². The van der Waals surface area contributed by atoms with E-state index < -0.39 is 0 Å². The molecular weight excluding hydrogens is 260 g/mol. The number of hydrogen-bond acceptors (Lipinski definition) is 2. The highest BCUT2D eigenvalue weighted by Crippen LogP contribution is 2.14. The van der Waals surface area contributed by atoms with Crippen LogP contribution in [0.25, 0.3) is 0 Å². The summed E-state index contributed by atoms with van der Waals surface area (Å²) in [6.45, 7) is 4.43. The van der Waals surface area contributed by atoms with Gasteiger partial charge in [0.15, 0.2) is 0 Å². The van der Waals surface area contributed by atoms with Crippen LogP contribution in [0.4, 0.5) is 5.69 Å². The third-order valence-corrected chi connectivity index (χ3v) is 2.92. The standard InChI is InChI=1S/C18H20N2O/c1-15(2)13-18(21)19-20(17-11-7-4-8-12-17)14-16-9-5-3-6-10-16/h3-13H,14H2,1-2H3,(H,19,21). The molecule has 0 saturated heterocycles. The molecule has 0 spiro atoms. The number of allylic oxidation sites excluding steroid dienone is 1. The number of hydrazine groups is 1. The van der Waals surface area contributed by atoms with Gasteiger partial charge in [0.2, 0.25) is 0 Å². The third kappa shape index (κ3) is 4.80. The van der Waals surface area contributed by atoms with Crippen molar-refractivity contribution in [3.05, 3.63) is 77.9 Å². The number of rotatable bonds is 5. The van der Waals surface area contributed by atoms with Gasteiger partial charge in [-0.05, 0) is 31.5 Å². The smallest absolute Gasteiger partial charge is 0.262 e. The molecule has 0 fully saturated rings. The molecule has 0 radical (unpaired) electrons. The first-order chi connectivity index (χ1) is 10.1. The van der Waals surface area contributed by atoms with Crippen molar-refractivity contribution in [3.63, 3.8) is 0 Å². The number of para-hydroxylation sites is 1. The maximum absolute atomic E-state index is 12.0. The number of benzene rings is 2. The lowest BCUT2D eigenvalue weighted by atomic mass is 10.2. The monoisotopic (exact) mass is 280 g/mol. The highest BCUT2D eigenvalue weighted by Gasteiger charge is 2.09. The molecule has 0 heterocycles. The van der Waals surface area contributed by atoms with E-state index in [1.807, 2.05) is 79.5 Å². The van der Waals surface area contributed by atoms with Gasteiger partial charge in [-0.1, -0.05) is 54.1 Å². The van der Waals surface area contributed by atoms with Crippen LogP contribution in [0.2, 0.25) is 0 Å². The molecule has 0 saturated carbocycles. The maximum Gasteiger partial charge on any atom is 0.262 e. The molecule has 0 unspecified atom stereocenters. The summed E-state index contributed by atoms with van der Waals surface area (Å²) in [5, 5.41) is 1.86. The fraction of sp³-hybridized carbons (Fsp3) is 0.167. The van der Waals surface area contributed by atoms with E-state index in [2.05, 4.69) is 5.43 Å². The minimum Gasteiger partial charge on any atom is -0.281 e. The average Bonchev–Trinajstić information content (AvgIpc) is 2.48. The van der Waals surface area contributed by atoms with Crippen LogP contribution in [-0.2, 0) is 11.3 Å². The minimum absolute atomic E-state index is 0.116. The second kappa shape index (κ2) is 7.29. The molecule has 0 aliphatic heterocycles. The highest BCUT2D eigenvalue weighted by atomic mass is 16.2. The van der Waals surface area contributed by atoms with E-state index in [-0.39, 0.29) is 5.91 Å². The first kappa shape index (κ1) is 14.9. The number of nitrogens with one attached hydrogen (secondary N) is 1. The van der Waals surface area contributed by atoms with Crippen molar-refractivity contribution >= 4 is 11.6 Å². The highest BCUT2D eigenvalue weighted by molar-refractivity contribution is 5.89. The molecule has 2 aromatic rings. The van der Waals surface area contributed by atoms with Crippen LogP contribution in [0.3, 0.4) is 0 Å². The Balaban J connectivity index is 2.19. The Morgan fingerprint density at radius 3 is 2.14 bits per heavy atom. The number of amides is 1. The summed E-state index contributed by atoms with van der Waals surface area (Å²) in [6, 6.07) is 19.9. The lowest BCUT2D eigenvalue weighted by Gasteiger charge is -2.25. The molecule has 3 heteroatoms. The van der Waals surface area contributed by atoms with Crippen LogP contribution in [0.5, 0.6) is 0 Å². The maximum atomic E-state index is 12.0. The Kier molecular flexibility index (Phi) is 5.16. The average molecular weight is 280 g/mol.